The van der Waals surface area contributed by atoms with E-state index < -0.39 is 43.9 Å². The van der Waals surface area contributed by atoms with Gasteiger partial charge in [0.2, 0.25) is 0 Å². The SMILES string of the molecule is C[C@]12CC[C@@H]3c4ccc(OP(=O)(OCc5ccccc5)OCc5ccccc5)cc4C[C@@H](CCC[S+]([O-])CCCC(F)(F)C(F)(F)F)[C@H]3[C@@H]1CC[C@@H]2OC(=O)N1CCC(N2CCCCC2)CC1. The highest BCUT2D eigenvalue weighted by Gasteiger charge is 2.59. The summed E-state index contributed by atoms with van der Waals surface area (Å²) in [5, 5.41) is 0. The smallest absolute Gasteiger partial charge is 0.530 e. The van der Waals surface area contributed by atoms with E-state index in [1.54, 1.807) is 0 Å². The number of nitrogens with zero attached hydrogens (tertiary/aromatic N) is 2. The van der Waals surface area contributed by atoms with Gasteiger partial charge in [0.05, 0.1) is 13.2 Å². The molecule has 9 nitrogen and oxygen atoms in total. The van der Waals surface area contributed by atoms with Crippen molar-refractivity contribution in [3.63, 3.8) is 0 Å². The molecule has 2 aliphatic heterocycles. The second-order valence-electron chi connectivity index (χ2n) is 19.8. The van der Waals surface area contributed by atoms with Crippen molar-refractivity contribution < 1.29 is 54.2 Å². The van der Waals surface area contributed by atoms with Gasteiger partial charge in [0.25, 0.3) is 0 Å². The predicted molar refractivity (Wildman–Crippen MR) is 248 cm³/mol. The van der Waals surface area contributed by atoms with Crippen molar-refractivity contribution in [1.82, 2.24) is 9.80 Å². The number of ether oxygens (including phenoxy) is 1. The minimum atomic E-state index is -5.63. The van der Waals surface area contributed by atoms with Crippen molar-refractivity contribution >= 4 is 25.1 Å². The Morgan fingerprint density at radius 1 is 0.821 bits per heavy atom. The highest BCUT2D eigenvalue weighted by Crippen LogP contribution is 2.64. The van der Waals surface area contributed by atoms with Crippen LogP contribution in [0.2, 0.25) is 0 Å². The first-order valence-electron chi connectivity index (χ1n) is 24.4. The molecule has 368 valence electrons. The van der Waals surface area contributed by atoms with Gasteiger partial charge < -0.3 is 23.6 Å². The van der Waals surface area contributed by atoms with Crippen molar-refractivity contribution in [2.24, 2.45) is 23.2 Å². The summed E-state index contributed by atoms with van der Waals surface area (Å²) in [7, 11) is -4.16. The van der Waals surface area contributed by atoms with Crippen molar-refractivity contribution in [3.8, 4) is 5.75 Å². The van der Waals surface area contributed by atoms with E-state index >= 15 is 0 Å². The van der Waals surface area contributed by atoms with Gasteiger partial charge in [0.1, 0.15) is 23.4 Å². The molecule has 0 spiro atoms. The Kier molecular flexibility index (Phi) is 16.4. The normalized spacial score (nSPS) is 26.6. The maximum Gasteiger partial charge on any atom is 0.530 e. The van der Waals surface area contributed by atoms with Crippen LogP contribution in [0.3, 0.4) is 0 Å². The van der Waals surface area contributed by atoms with Crippen LogP contribution in [0.25, 0.3) is 0 Å². The number of hydrogen-bond acceptors (Lipinski definition) is 8. The molecule has 3 aromatic carbocycles. The van der Waals surface area contributed by atoms with Gasteiger partial charge in [-0.1, -0.05) is 91.3 Å². The third-order valence-corrected chi connectivity index (χ3v) is 18.4. The van der Waals surface area contributed by atoms with Gasteiger partial charge in [-0.25, -0.2) is 9.36 Å². The lowest BCUT2D eigenvalue weighted by molar-refractivity contribution is -0.284. The molecule has 4 fully saturated rings. The summed E-state index contributed by atoms with van der Waals surface area (Å²) in [5.41, 5.74) is 3.57. The average Bonchev–Trinajstić information content (AvgIpc) is 3.65. The molecular formula is C51H66F5N2O7PS. The molecule has 1 amide bonds. The molecule has 7 atom stereocenters. The summed E-state index contributed by atoms with van der Waals surface area (Å²) >= 11 is -1.57. The van der Waals surface area contributed by atoms with Crippen LogP contribution >= 0.6 is 7.82 Å². The minimum absolute atomic E-state index is 0.00347. The Morgan fingerprint density at radius 2 is 1.46 bits per heavy atom. The molecule has 0 bridgehead atoms. The lowest BCUT2D eigenvalue weighted by Crippen LogP contribution is -2.51. The number of hydrogen-bond donors (Lipinski definition) is 0. The van der Waals surface area contributed by atoms with Crippen LogP contribution in [0.5, 0.6) is 5.75 Å². The fourth-order valence-electron chi connectivity index (χ4n) is 12.0. The first-order valence-corrected chi connectivity index (χ1v) is 27.3. The molecule has 3 aliphatic carbocycles. The number of likely N-dealkylation sites (tertiary alicyclic amines) is 2. The third-order valence-electron chi connectivity index (χ3n) is 15.6. The maximum absolute atomic E-state index is 14.4. The Hall–Kier alpha value is -3.20. The number of alkyl halides is 5. The van der Waals surface area contributed by atoms with Crippen LogP contribution in [0.1, 0.15) is 119 Å². The number of halogens is 5. The molecule has 5 aliphatic rings. The molecule has 2 saturated heterocycles. The number of benzene rings is 3. The van der Waals surface area contributed by atoms with E-state index in [0.29, 0.717) is 44.1 Å². The van der Waals surface area contributed by atoms with E-state index in [0.717, 1.165) is 68.3 Å². The molecule has 8 rings (SSSR count). The Balaban J connectivity index is 0.975. The van der Waals surface area contributed by atoms with E-state index in [9.17, 15) is 35.9 Å². The van der Waals surface area contributed by atoms with Crippen molar-refractivity contribution in [3.05, 3.63) is 101 Å². The lowest BCUT2D eigenvalue weighted by atomic mass is 9.52. The Bertz CT molecular complexity index is 2080. The number of amides is 1. The molecule has 0 radical (unpaired) electrons. The van der Waals surface area contributed by atoms with Crippen LogP contribution in [0.4, 0.5) is 26.7 Å². The monoisotopic (exact) mass is 976 g/mol. The second-order valence-corrected chi connectivity index (χ2v) is 23.1. The van der Waals surface area contributed by atoms with Crippen molar-refractivity contribution in [1.29, 1.82) is 0 Å². The first kappa shape index (κ1) is 50.2. The Morgan fingerprint density at radius 3 is 2.10 bits per heavy atom. The summed E-state index contributed by atoms with van der Waals surface area (Å²) < 4.78 is 118. The van der Waals surface area contributed by atoms with Gasteiger partial charge >= 0.3 is 26.0 Å². The summed E-state index contributed by atoms with van der Waals surface area (Å²) in [4.78, 5) is 18.3. The predicted octanol–water partition coefficient (Wildman–Crippen LogP) is 12.7. The zero-order chi connectivity index (χ0) is 47.2. The summed E-state index contributed by atoms with van der Waals surface area (Å²) in [6, 6.07) is 25.0. The maximum atomic E-state index is 14.4. The minimum Gasteiger partial charge on any atom is -0.616 e. The zero-order valence-corrected chi connectivity index (χ0v) is 40.2. The number of rotatable bonds is 18. The molecule has 2 heterocycles. The highest BCUT2D eigenvalue weighted by molar-refractivity contribution is 7.91. The van der Waals surface area contributed by atoms with Gasteiger partial charge in [-0.05, 0) is 148 Å². The topological polar surface area (TPSA) is 101 Å². The number of phosphoric ester groups is 1. The fraction of sp³-hybridized carbons (Fsp3) is 0.627. The summed E-state index contributed by atoms with van der Waals surface area (Å²) in [6.45, 7) is 5.96. The first-order chi connectivity index (χ1) is 32.1. The molecule has 1 unspecified atom stereocenters. The molecular weight excluding hydrogens is 911 g/mol. The Labute approximate surface area is 395 Å². The van der Waals surface area contributed by atoms with Gasteiger partial charge in [0.15, 0.2) is 0 Å². The molecule has 2 saturated carbocycles. The van der Waals surface area contributed by atoms with E-state index in [-0.39, 0.29) is 66.0 Å². The number of carbonyl (C=O) groups excluding carboxylic acids is 1. The van der Waals surface area contributed by atoms with E-state index in [4.69, 9.17) is 18.3 Å². The quantitative estimate of drug-likeness (QED) is 0.0706. The number of phosphoric acid groups is 1. The van der Waals surface area contributed by atoms with Gasteiger partial charge in [-0.15, -0.1) is 0 Å². The lowest BCUT2D eigenvalue weighted by Gasteiger charge is -2.53. The zero-order valence-electron chi connectivity index (χ0n) is 38.5. The van der Waals surface area contributed by atoms with Gasteiger partial charge in [-0.3, -0.25) is 9.05 Å². The molecule has 3 aromatic rings. The standard InChI is InChI=1S/C51H66F5N2O7PS/c1-49-26-22-44-43-19-18-42(65-66(60,62-35-37-13-5-2-6-14-37)63-36-38-15-7-3-8-16-38)34-40(43)33-39(17-11-31-67(61)32-12-25-50(52,53)51(54,55)56)47(44)45(49)20-21-46(49)64-48(59)58-29-23-41(24-30-58)57-27-9-4-10-28-57/h2-3,5-8,13-16,18-19,34,39,41,44-47H,4,9-12,17,20-33,35-36H2,1H3/t39-,44-,45+,46+,47-,49+,67?/m1/s1. The van der Waals surface area contributed by atoms with Crippen LogP contribution in [-0.2, 0) is 49.2 Å². The van der Waals surface area contributed by atoms with E-state index in [1.165, 1.54) is 24.8 Å². The van der Waals surface area contributed by atoms with Crippen LogP contribution in [0, 0.1) is 23.2 Å². The summed E-state index contributed by atoms with van der Waals surface area (Å²) in [6.07, 6.45) is 2.90. The molecule has 16 heteroatoms. The number of carbonyl (C=O) groups is 1. The average molecular weight is 977 g/mol. The number of fused-ring (bicyclic) bond motifs is 5. The molecule has 0 aromatic heterocycles. The second kappa shape index (κ2) is 21.8. The van der Waals surface area contributed by atoms with Gasteiger partial charge in [0, 0.05) is 31.0 Å². The highest BCUT2D eigenvalue weighted by atomic mass is 32.2. The molecule has 0 N–H and O–H groups in total. The fourth-order valence-corrected chi connectivity index (χ4v) is 14.3. The van der Waals surface area contributed by atoms with Crippen LogP contribution < -0.4 is 4.52 Å². The molecule has 67 heavy (non-hydrogen) atoms. The van der Waals surface area contributed by atoms with E-state index in [2.05, 4.69) is 17.9 Å². The van der Waals surface area contributed by atoms with Gasteiger partial charge in [-0.2, -0.15) is 22.0 Å². The van der Waals surface area contributed by atoms with E-state index in [1.807, 2.05) is 77.7 Å². The number of piperidine rings is 2. The largest absolute Gasteiger partial charge is 0.616 e. The van der Waals surface area contributed by atoms with Crippen LogP contribution in [-0.4, -0.2) is 82.4 Å². The third kappa shape index (κ3) is 12.2. The van der Waals surface area contributed by atoms with Crippen molar-refractivity contribution in [2.75, 3.05) is 37.7 Å². The summed E-state index contributed by atoms with van der Waals surface area (Å²) in [5.74, 6) is -3.81. The van der Waals surface area contributed by atoms with Crippen LogP contribution in [0.15, 0.2) is 78.9 Å². The van der Waals surface area contributed by atoms with Crippen molar-refractivity contribution in [2.45, 2.75) is 140 Å².